The minimum absolute atomic E-state index is 0.220. The van der Waals surface area contributed by atoms with Gasteiger partial charge >= 0.3 is 0 Å². The molecule has 0 aliphatic heterocycles. The number of methoxy groups -OCH3 is 3. The number of carbonyl (C=O) groups excluding carboxylic acids is 2. The second-order valence-electron chi connectivity index (χ2n) is 11.1. The number of nitrogens with one attached hydrogen (secondary N) is 3. The van der Waals surface area contributed by atoms with Crippen LogP contribution in [0.4, 0.5) is 5.69 Å². The number of aryl methyl sites for hydroxylation is 1. The number of amides is 2. The first kappa shape index (κ1) is 34.4. The van der Waals surface area contributed by atoms with Gasteiger partial charge in [-0.05, 0) is 78.3 Å². The Morgan fingerprint density at radius 1 is 1.10 bits per heavy atom. The molecule has 3 N–H and O–H groups in total. The van der Waals surface area contributed by atoms with Gasteiger partial charge in [0.15, 0.2) is 17.3 Å². The van der Waals surface area contributed by atoms with Crippen molar-refractivity contribution in [2.75, 3.05) is 45.2 Å². The van der Waals surface area contributed by atoms with E-state index in [9.17, 15) is 14.4 Å². The zero-order valence-corrected chi connectivity index (χ0v) is 28.3. The Morgan fingerprint density at radius 3 is 2.60 bits per heavy atom. The van der Waals surface area contributed by atoms with Crippen LogP contribution in [-0.4, -0.2) is 67.9 Å². The number of anilines is 1. The van der Waals surface area contributed by atoms with E-state index in [2.05, 4.69) is 26.1 Å². The van der Waals surface area contributed by atoms with Gasteiger partial charge in [-0.2, -0.15) is 16.7 Å². The smallest absolute Gasteiger partial charge is 0.242 e. The quantitative estimate of drug-likeness (QED) is 0.172. The highest BCUT2D eigenvalue weighted by atomic mass is 32.2. The molecule has 14 heteroatoms. The molecule has 48 heavy (non-hydrogen) atoms. The zero-order valence-electron chi connectivity index (χ0n) is 27.5. The Kier molecular flexibility index (Phi) is 11.3. The number of furan rings is 1. The van der Waals surface area contributed by atoms with Gasteiger partial charge in [-0.15, -0.1) is 0 Å². The molecule has 0 spiro atoms. The summed E-state index contributed by atoms with van der Waals surface area (Å²) in [6.07, 6.45) is 5.38. The van der Waals surface area contributed by atoms with Crippen LogP contribution in [-0.2, 0) is 22.4 Å². The fourth-order valence-corrected chi connectivity index (χ4v) is 6.27. The van der Waals surface area contributed by atoms with Gasteiger partial charge in [0.25, 0.3) is 0 Å². The number of carbonyl (C=O) groups is 2. The topological polar surface area (TPSA) is 167 Å². The lowest BCUT2D eigenvalue weighted by Gasteiger charge is -2.19. The molecule has 0 radical (unpaired) electrons. The van der Waals surface area contributed by atoms with E-state index < -0.39 is 12.1 Å². The van der Waals surface area contributed by atoms with Crippen LogP contribution in [0.25, 0.3) is 22.7 Å². The van der Waals surface area contributed by atoms with Gasteiger partial charge in [0.2, 0.25) is 34.7 Å². The average molecular weight is 678 g/mol. The molecule has 0 fully saturated rings. The molecule has 13 nitrogen and oxygen atoms in total. The molecule has 1 aliphatic carbocycles. The summed E-state index contributed by atoms with van der Waals surface area (Å²) in [6.45, 7) is 1.70. The van der Waals surface area contributed by atoms with Crippen LogP contribution in [0.1, 0.15) is 42.8 Å². The average Bonchev–Trinajstić information content (AvgIpc) is 3.73. The minimum atomic E-state index is -0.703. The van der Waals surface area contributed by atoms with Crippen LogP contribution in [0.3, 0.4) is 0 Å². The highest BCUT2D eigenvalue weighted by molar-refractivity contribution is 7.98. The number of rotatable bonds is 14. The molecule has 2 aromatic carbocycles. The standard InChI is InChI=1S/C34H39N5O8S/c1-19(40)36-23-10-8-20-17-28(43-2)31(44-3)32(45-4)30(20)21-9-11-24(26(41)18-22(21)23)37-25(13-16-48-5)34(42)35-14-12-29-38-33(39-47-29)27-7-6-15-46-27/h6-7,9,11,15,17-18,23,25H,8,10,12-14,16H2,1-5H3,(H,35,42)(H,36,40)(H,37,41). The lowest BCUT2D eigenvalue weighted by Crippen LogP contribution is -2.41. The van der Waals surface area contributed by atoms with E-state index in [0.29, 0.717) is 77.3 Å². The van der Waals surface area contributed by atoms with E-state index in [0.717, 1.165) is 11.1 Å². The van der Waals surface area contributed by atoms with Gasteiger partial charge in [0.05, 0.1) is 39.3 Å². The predicted octanol–water partition coefficient (Wildman–Crippen LogP) is 4.40. The number of hydrogen-bond acceptors (Lipinski definition) is 12. The number of thioether (sulfide) groups is 1. The molecule has 254 valence electrons. The summed E-state index contributed by atoms with van der Waals surface area (Å²) in [5, 5.41) is 13.0. The van der Waals surface area contributed by atoms with Crippen molar-refractivity contribution in [2.24, 2.45) is 0 Å². The van der Waals surface area contributed by atoms with Crippen molar-refractivity contribution >= 4 is 29.3 Å². The first-order chi connectivity index (χ1) is 23.3. The van der Waals surface area contributed by atoms with Crippen molar-refractivity contribution in [1.29, 1.82) is 0 Å². The third kappa shape index (κ3) is 7.59. The fraction of sp³-hybridized carbons (Fsp3) is 0.382. The molecule has 1 aliphatic rings. The summed E-state index contributed by atoms with van der Waals surface area (Å²) < 4.78 is 27.7. The van der Waals surface area contributed by atoms with Crippen LogP contribution < -0.4 is 35.6 Å². The van der Waals surface area contributed by atoms with Gasteiger partial charge in [-0.1, -0.05) is 11.2 Å². The van der Waals surface area contributed by atoms with Crippen molar-refractivity contribution in [1.82, 2.24) is 20.8 Å². The van der Waals surface area contributed by atoms with E-state index in [4.69, 9.17) is 23.2 Å². The van der Waals surface area contributed by atoms with E-state index in [1.54, 1.807) is 44.2 Å². The largest absolute Gasteiger partial charge is 0.493 e. The van der Waals surface area contributed by atoms with Crippen LogP contribution in [0.5, 0.6) is 17.2 Å². The van der Waals surface area contributed by atoms with E-state index >= 15 is 0 Å². The summed E-state index contributed by atoms with van der Waals surface area (Å²) in [7, 11) is 4.64. The molecule has 0 saturated carbocycles. The van der Waals surface area contributed by atoms with E-state index in [-0.39, 0.29) is 29.5 Å². The number of fused-ring (bicyclic) bond motifs is 3. The zero-order chi connectivity index (χ0) is 34.2. The van der Waals surface area contributed by atoms with Crippen LogP contribution in [0, 0.1) is 0 Å². The second kappa shape index (κ2) is 15.7. The molecule has 0 bridgehead atoms. The van der Waals surface area contributed by atoms with Gasteiger partial charge in [0.1, 0.15) is 6.04 Å². The Balaban J connectivity index is 1.45. The Bertz CT molecular complexity index is 1810. The third-order valence-electron chi connectivity index (χ3n) is 8.02. The highest BCUT2D eigenvalue weighted by Crippen LogP contribution is 2.50. The maximum absolute atomic E-state index is 13.8. The Morgan fingerprint density at radius 2 is 1.92 bits per heavy atom. The monoisotopic (exact) mass is 677 g/mol. The van der Waals surface area contributed by atoms with Gasteiger partial charge in [0, 0.05) is 25.5 Å². The second-order valence-corrected chi connectivity index (χ2v) is 12.1. The minimum Gasteiger partial charge on any atom is -0.493 e. The summed E-state index contributed by atoms with van der Waals surface area (Å²) >= 11 is 1.60. The fourth-order valence-electron chi connectivity index (χ4n) is 5.80. The van der Waals surface area contributed by atoms with Crippen molar-refractivity contribution in [2.45, 2.75) is 44.7 Å². The molecule has 2 aromatic heterocycles. The molecule has 2 heterocycles. The van der Waals surface area contributed by atoms with Gasteiger partial charge in [-0.25, -0.2) is 0 Å². The first-order valence-electron chi connectivity index (χ1n) is 15.4. The molecular weight excluding hydrogens is 638 g/mol. The van der Waals surface area contributed by atoms with Gasteiger partial charge < -0.3 is 39.1 Å². The van der Waals surface area contributed by atoms with Crippen LogP contribution in [0.15, 0.2) is 56.4 Å². The molecular formula is C34H39N5O8S. The molecule has 2 unspecified atom stereocenters. The van der Waals surface area contributed by atoms with Gasteiger partial charge in [-0.3, -0.25) is 14.4 Å². The Labute approximate surface area is 282 Å². The Hall–Kier alpha value is -4.98. The lowest BCUT2D eigenvalue weighted by atomic mass is 9.95. The SMILES string of the molecule is COc1cc2c(c(OC)c1OC)-c1ccc(NC(CCSC)C(=O)NCCc3nc(-c4ccco4)no3)c(=O)cc1C(NC(C)=O)CC2. The first-order valence-corrected chi connectivity index (χ1v) is 16.8. The van der Waals surface area contributed by atoms with Crippen LogP contribution in [0.2, 0.25) is 0 Å². The van der Waals surface area contributed by atoms with Crippen molar-refractivity contribution < 1.29 is 32.7 Å². The van der Waals surface area contributed by atoms with E-state index in [1.165, 1.54) is 26.4 Å². The summed E-state index contributed by atoms with van der Waals surface area (Å²) in [4.78, 5) is 43.9. The predicted molar refractivity (Wildman–Crippen MR) is 182 cm³/mol. The number of aromatic nitrogens is 2. The molecule has 2 atom stereocenters. The molecule has 5 rings (SSSR count). The molecule has 0 saturated heterocycles. The summed E-state index contributed by atoms with van der Waals surface area (Å²) in [5.74, 6) is 2.75. The third-order valence-corrected chi connectivity index (χ3v) is 8.66. The summed E-state index contributed by atoms with van der Waals surface area (Å²) in [5.41, 5.74) is 2.91. The van der Waals surface area contributed by atoms with Crippen molar-refractivity contribution in [3.63, 3.8) is 0 Å². The maximum atomic E-state index is 13.8. The summed E-state index contributed by atoms with van der Waals surface area (Å²) in [6, 6.07) is 9.23. The highest BCUT2D eigenvalue weighted by Gasteiger charge is 2.30. The van der Waals surface area contributed by atoms with Crippen molar-refractivity contribution in [3.8, 4) is 40.0 Å². The number of ether oxygens (including phenoxy) is 3. The molecule has 2 amide bonds. The van der Waals surface area contributed by atoms with Crippen LogP contribution >= 0.6 is 11.8 Å². The maximum Gasteiger partial charge on any atom is 0.242 e. The van der Waals surface area contributed by atoms with E-state index in [1.807, 2.05) is 18.4 Å². The lowest BCUT2D eigenvalue weighted by molar-refractivity contribution is -0.122. The molecule has 4 aromatic rings. The number of nitrogens with zero attached hydrogens (tertiary/aromatic N) is 2. The normalized spacial score (nSPS) is 14.1. The number of benzene rings is 1. The number of hydrogen-bond donors (Lipinski definition) is 3. The van der Waals surface area contributed by atoms with Crippen molar-refractivity contribution in [3.05, 3.63) is 69.9 Å².